The van der Waals surface area contributed by atoms with Crippen LogP contribution in [0.2, 0.25) is 0 Å². The Labute approximate surface area is 83.0 Å². The Balaban J connectivity index is 3.07. The van der Waals surface area contributed by atoms with Gasteiger partial charge in [0, 0.05) is 4.47 Å². The second-order valence-corrected chi connectivity index (χ2v) is 3.50. The molecule has 0 aliphatic rings. The van der Waals surface area contributed by atoms with E-state index in [1.165, 1.54) is 12.1 Å². The predicted molar refractivity (Wildman–Crippen MR) is 50.2 cm³/mol. The molecule has 0 heterocycles. The van der Waals surface area contributed by atoms with Crippen molar-refractivity contribution >= 4 is 21.8 Å². The van der Waals surface area contributed by atoms with Gasteiger partial charge in [-0.25, -0.2) is 4.39 Å². The molecule has 0 aliphatic carbocycles. The van der Waals surface area contributed by atoms with E-state index >= 15 is 0 Å². The first-order chi connectivity index (χ1) is 6.00. The highest BCUT2D eigenvalue weighted by atomic mass is 79.9. The van der Waals surface area contributed by atoms with Gasteiger partial charge in [0.25, 0.3) is 0 Å². The Morgan fingerprint density at radius 3 is 2.54 bits per heavy atom. The van der Waals surface area contributed by atoms with Gasteiger partial charge in [-0.3, -0.25) is 4.79 Å². The van der Waals surface area contributed by atoms with E-state index in [0.29, 0.717) is 10.0 Å². The molecule has 3 nitrogen and oxygen atoms in total. The summed E-state index contributed by atoms with van der Waals surface area (Å²) in [6.45, 7) is 0. The molecule has 1 rings (SSSR count). The van der Waals surface area contributed by atoms with Gasteiger partial charge in [0.2, 0.25) is 5.91 Å². The van der Waals surface area contributed by atoms with Crippen LogP contribution in [0.5, 0.6) is 0 Å². The number of primary amides is 1. The van der Waals surface area contributed by atoms with Crippen molar-refractivity contribution in [1.29, 1.82) is 0 Å². The molecular weight excluding hydrogens is 239 g/mol. The number of hydrogen-bond donors (Lipinski definition) is 2. The van der Waals surface area contributed by atoms with E-state index in [9.17, 15) is 9.18 Å². The van der Waals surface area contributed by atoms with Crippen molar-refractivity contribution < 1.29 is 9.18 Å². The first-order valence-electron chi connectivity index (χ1n) is 3.51. The summed E-state index contributed by atoms with van der Waals surface area (Å²) in [5.74, 6) is -1.14. The van der Waals surface area contributed by atoms with Gasteiger partial charge < -0.3 is 11.5 Å². The van der Waals surface area contributed by atoms with Gasteiger partial charge in [-0.05, 0) is 23.8 Å². The largest absolute Gasteiger partial charge is 0.368 e. The molecule has 0 saturated heterocycles. The van der Waals surface area contributed by atoms with E-state index in [2.05, 4.69) is 15.9 Å². The number of rotatable bonds is 2. The fraction of sp³-hybridized carbons (Fsp3) is 0.125. The molecule has 4 N–H and O–H groups in total. The second kappa shape index (κ2) is 3.85. The molecule has 1 aromatic rings. The molecule has 0 fully saturated rings. The van der Waals surface area contributed by atoms with Crippen LogP contribution in [0.4, 0.5) is 4.39 Å². The molecule has 0 aromatic heterocycles. The minimum atomic E-state index is -0.966. The van der Waals surface area contributed by atoms with Crippen molar-refractivity contribution in [3.05, 3.63) is 34.1 Å². The lowest BCUT2D eigenvalue weighted by Gasteiger charge is -2.07. The maximum absolute atomic E-state index is 12.8. The molecule has 1 unspecified atom stereocenters. The van der Waals surface area contributed by atoms with Crippen LogP contribution in [0.25, 0.3) is 0 Å². The Morgan fingerprint density at radius 2 is 2.08 bits per heavy atom. The average molecular weight is 247 g/mol. The Morgan fingerprint density at radius 1 is 1.46 bits per heavy atom. The molecule has 0 spiro atoms. The highest BCUT2D eigenvalue weighted by Gasteiger charge is 2.13. The number of nitrogens with two attached hydrogens (primary N) is 2. The first-order valence-corrected chi connectivity index (χ1v) is 4.31. The fourth-order valence-corrected chi connectivity index (χ4v) is 1.40. The third-order valence-corrected chi connectivity index (χ3v) is 2.01. The standard InChI is InChI=1S/C8H8BrFN2O/c9-5-1-4(2-6(10)3-5)7(11)8(12)13/h1-3,7H,11H2,(H2,12,13). The van der Waals surface area contributed by atoms with Crippen LogP contribution < -0.4 is 11.5 Å². The van der Waals surface area contributed by atoms with Crippen LogP contribution in [-0.4, -0.2) is 5.91 Å². The minimum absolute atomic E-state index is 0.361. The number of benzene rings is 1. The second-order valence-electron chi connectivity index (χ2n) is 2.58. The molecule has 0 bridgehead atoms. The number of halogens is 2. The van der Waals surface area contributed by atoms with Crippen molar-refractivity contribution in [3.8, 4) is 0 Å². The van der Waals surface area contributed by atoms with E-state index in [1.807, 2.05) is 0 Å². The normalized spacial score (nSPS) is 12.5. The summed E-state index contributed by atoms with van der Waals surface area (Å²) in [5.41, 5.74) is 10.7. The van der Waals surface area contributed by atoms with Gasteiger partial charge in [0.15, 0.2) is 0 Å². The molecule has 13 heavy (non-hydrogen) atoms. The minimum Gasteiger partial charge on any atom is -0.368 e. The van der Waals surface area contributed by atoms with Crippen molar-refractivity contribution in [2.24, 2.45) is 11.5 Å². The number of carbonyl (C=O) groups is 1. The maximum Gasteiger partial charge on any atom is 0.238 e. The number of amides is 1. The van der Waals surface area contributed by atoms with Crippen LogP contribution in [0.3, 0.4) is 0 Å². The SMILES string of the molecule is NC(=O)C(N)c1cc(F)cc(Br)c1. The van der Waals surface area contributed by atoms with Gasteiger partial charge in [-0.15, -0.1) is 0 Å². The lowest BCUT2D eigenvalue weighted by atomic mass is 10.1. The van der Waals surface area contributed by atoms with Gasteiger partial charge >= 0.3 is 0 Å². The molecule has 1 atom stereocenters. The van der Waals surface area contributed by atoms with E-state index < -0.39 is 17.8 Å². The van der Waals surface area contributed by atoms with Gasteiger partial charge in [0.1, 0.15) is 11.9 Å². The van der Waals surface area contributed by atoms with Crippen molar-refractivity contribution in [2.45, 2.75) is 6.04 Å². The summed E-state index contributed by atoms with van der Waals surface area (Å²) in [7, 11) is 0. The Kier molecular flexibility index (Phi) is 3.00. The van der Waals surface area contributed by atoms with Crippen LogP contribution in [0.1, 0.15) is 11.6 Å². The average Bonchev–Trinajstić information content (AvgIpc) is 2.01. The Bertz CT molecular complexity index is 323. The van der Waals surface area contributed by atoms with Crippen molar-refractivity contribution in [1.82, 2.24) is 0 Å². The smallest absolute Gasteiger partial charge is 0.238 e. The lowest BCUT2D eigenvalue weighted by Crippen LogP contribution is -2.28. The molecular formula is C8H8BrFN2O. The quantitative estimate of drug-likeness (QED) is 0.820. The highest BCUT2D eigenvalue weighted by molar-refractivity contribution is 9.10. The van der Waals surface area contributed by atoms with Crippen molar-refractivity contribution in [3.63, 3.8) is 0 Å². The van der Waals surface area contributed by atoms with Crippen LogP contribution in [-0.2, 0) is 4.79 Å². The predicted octanol–water partition coefficient (Wildman–Crippen LogP) is 1.07. The number of carbonyl (C=O) groups excluding carboxylic acids is 1. The summed E-state index contributed by atoms with van der Waals surface area (Å²) in [4.78, 5) is 10.7. The van der Waals surface area contributed by atoms with Crippen LogP contribution >= 0.6 is 15.9 Å². The molecule has 70 valence electrons. The fourth-order valence-electron chi connectivity index (χ4n) is 0.919. The molecule has 0 aliphatic heterocycles. The zero-order valence-electron chi connectivity index (χ0n) is 6.63. The number of hydrogen-bond acceptors (Lipinski definition) is 2. The summed E-state index contributed by atoms with van der Waals surface area (Å²) < 4.78 is 13.3. The molecule has 0 saturated carbocycles. The van der Waals surface area contributed by atoms with E-state index in [4.69, 9.17) is 11.5 Å². The summed E-state index contributed by atoms with van der Waals surface area (Å²) in [6.07, 6.45) is 0. The summed E-state index contributed by atoms with van der Waals surface area (Å²) in [5, 5.41) is 0. The summed E-state index contributed by atoms with van der Waals surface area (Å²) >= 11 is 3.08. The molecule has 1 amide bonds. The topological polar surface area (TPSA) is 69.1 Å². The van der Waals surface area contributed by atoms with Crippen molar-refractivity contribution in [2.75, 3.05) is 0 Å². The van der Waals surface area contributed by atoms with E-state index in [-0.39, 0.29) is 0 Å². The van der Waals surface area contributed by atoms with Gasteiger partial charge in [-0.1, -0.05) is 15.9 Å². The van der Waals surface area contributed by atoms with Crippen LogP contribution in [0.15, 0.2) is 22.7 Å². The van der Waals surface area contributed by atoms with Gasteiger partial charge in [-0.2, -0.15) is 0 Å². The molecule has 1 aromatic carbocycles. The van der Waals surface area contributed by atoms with E-state index in [0.717, 1.165) is 0 Å². The monoisotopic (exact) mass is 246 g/mol. The zero-order chi connectivity index (χ0) is 10.0. The Hall–Kier alpha value is -0.940. The first kappa shape index (κ1) is 10.1. The highest BCUT2D eigenvalue weighted by Crippen LogP contribution is 2.18. The molecule has 5 heteroatoms. The van der Waals surface area contributed by atoms with Crippen LogP contribution in [0, 0.1) is 5.82 Å². The lowest BCUT2D eigenvalue weighted by molar-refractivity contribution is -0.119. The summed E-state index contributed by atoms with van der Waals surface area (Å²) in [6, 6.07) is 3.04. The third-order valence-electron chi connectivity index (χ3n) is 1.55. The van der Waals surface area contributed by atoms with E-state index in [1.54, 1.807) is 6.07 Å². The van der Waals surface area contributed by atoms with Gasteiger partial charge in [0.05, 0.1) is 0 Å². The zero-order valence-corrected chi connectivity index (χ0v) is 8.21. The molecule has 0 radical (unpaired) electrons. The third kappa shape index (κ3) is 2.50. The maximum atomic E-state index is 12.8.